The van der Waals surface area contributed by atoms with Gasteiger partial charge in [0.1, 0.15) is 5.82 Å². The van der Waals surface area contributed by atoms with Gasteiger partial charge in [-0.3, -0.25) is 0 Å². The van der Waals surface area contributed by atoms with Gasteiger partial charge in [0.05, 0.1) is 0 Å². The molecule has 4 nitrogen and oxygen atoms in total. The molecule has 2 aromatic rings. The van der Waals surface area contributed by atoms with Crippen LogP contribution in [0.15, 0.2) is 29.4 Å². The van der Waals surface area contributed by atoms with E-state index in [9.17, 15) is 0 Å². The van der Waals surface area contributed by atoms with E-state index in [1.165, 1.54) is 15.8 Å². The lowest BCUT2D eigenvalue weighted by molar-refractivity contribution is 0.590. The Morgan fingerprint density at radius 3 is 2.26 bits per heavy atom. The molecule has 19 heavy (non-hydrogen) atoms. The van der Waals surface area contributed by atoms with E-state index in [0.29, 0.717) is 0 Å². The number of nitrogens with two attached hydrogens (primary N) is 1. The lowest BCUT2D eigenvalue weighted by Gasteiger charge is -2.19. The fourth-order valence-corrected chi connectivity index (χ4v) is 2.56. The molecule has 0 aliphatic rings. The molecule has 0 fully saturated rings. The number of rotatable bonds is 3. The van der Waals surface area contributed by atoms with Crippen molar-refractivity contribution in [3.8, 4) is 0 Å². The monoisotopic (exact) mass is 276 g/mol. The minimum atomic E-state index is 0.195. The molecular formula is C14H20N4S. The Bertz CT molecular complexity index is 552. The highest BCUT2D eigenvalue weighted by molar-refractivity contribution is 7.98. The zero-order valence-electron chi connectivity index (χ0n) is 11.8. The highest BCUT2D eigenvalue weighted by Gasteiger charge is 2.13. The Kier molecular flexibility index (Phi) is 3.85. The van der Waals surface area contributed by atoms with E-state index in [1.54, 1.807) is 11.8 Å². The summed E-state index contributed by atoms with van der Waals surface area (Å²) in [6.45, 7) is 8.50. The van der Waals surface area contributed by atoms with Crippen molar-refractivity contribution in [2.45, 2.75) is 44.0 Å². The van der Waals surface area contributed by atoms with Gasteiger partial charge in [0.25, 0.3) is 0 Å². The number of aromatic nitrogens is 3. The minimum Gasteiger partial charge on any atom is -0.336 e. The maximum absolute atomic E-state index is 5.82. The predicted octanol–water partition coefficient (Wildman–Crippen LogP) is 2.89. The molecule has 0 spiro atoms. The quantitative estimate of drug-likeness (QED) is 0.692. The second-order valence-corrected chi connectivity index (χ2v) is 6.58. The fraction of sp³-hybridized carbons (Fsp3) is 0.429. The molecule has 2 rings (SSSR count). The normalized spacial score (nSPS) is 11.8. The van der Waals surface area contributed by atoms with Gasteiger partial charge in [0.15, 0.2) is 0 Å². The molecule has 0 amide bonds. The van der Waals surface area contributed by atoms with E-state index in [4.69, 9.17) is 5.84 Å². The van der Waals surface area contributed by atoms with E-state index in [2.05, 4.69) is 55.2 Å². The van der Waals surface area contributed by atoms with E-state index in [1.807, 2.05) is 6.92 Å². The van der Waals surface area contributed by atoms with Crippen LogP contribution in [0.4, 0.5) is 0 Å². The Morgan fingerprint density at radius 2 is 1.79 bits per heavy atom. The molecule has 0 saturated carbocycles. The van der Waals surface area contributed by atoms with E-state index in [0.717, 1.165) is 16.7 Å². The highest BCUT2D eigenvalue weighted by Crippen LogP contribution is 2.25. The number of benzene rings is 1. The summed E-state index contributed by atoms with van der Waals surface area (Å²) in [5.41, 5.74) is 2.80. The van der Waals surface area contributed by atoms with Crippen LogP contribution >= 0.6 is 11.8 Å². The molecule has 0 saturated heterocycles. The van der Waals surface area contributed by atoms with Crippen LogP contribution in [0.5, 0.6) is 0 Å². The molecule has 5 heteroatoms. The molecule has 2 N–H and O–H groups in total. The summed E-state index contributed by atoms with van der Waals surface area (Å²) in [5.74, 6) is 7.39. The van der Waals surface area contributed by atoms with Gasteiger partial charge in [-0.05, 0) is 23.5 Å². The third kappa shape index (κ3) is 3.29. The lowest BCUT2D eigenvalue weighted by Crippen LogP contribution is -2.11. The smallest absolute Gasteiger partial charge is 0.210 e. The highest BCUT2D eigenvalue weighted by atomic mass is 32.2. The van der Waals surface area contributed by atoms with Crippen LogP contribution in [0.3, 0.4) is 0 Å². The summed E-state index contributed by atoms with van der Waals surface area (Å²) in [7, 11) is 0. The van der Waals surface area contributed by atoms with Crippen molar-refractivity contribution < 1.29 is 0 Å². The summed E-state index contributed by atoms with van der Waals surface area (Å²) in [6.07, 6.45) is 0. The van der Waals surface area contributed by atoms with Gasteiger partial charge in [0.2, 0.25) is 5.16 Å². The molecular weight excluding hydrogens is 256 g/mol. The molecule has 0 unspecified atom stereocenters. The molecule has 1 heterocycles. The molecule has 0 aliphatic heterocycles. The van der Waals surface area contributed by atoms with Crippen molar-refractivity contribution in [3.05, 3.63) is 41.2 Å². The average molecular weight is 276 g/mol. The summed E-state index contributed by atoms with van der Waals surface area (Å²) in [4.78, 5) is 0. The van der Waals surface area contributed by atoms with Crippen LogP contribution in [0.25, 0.3) is 0 Å². The molecule has 0 aliphatic carbocycles. The predicted molar refractivity (Wildman–Crippen MR) is 79.6 cm³/mol. The minimum absolute atomic E-state index is 0.195. The Morgan fingerprint density at radius 1 is 1.16 bits per heavy atom. The van der Waals surface area contributed by atoms with Crippen molar-refractivity contribution in [2.75, 3.05) is 5.84 Å². The number of hydrogen-bond donors (Lipinski definition) is 1. The standard InChI is InChI=1S/C14H20N4S/c1-10-16-17-13(18(10)15)19-9-11-5-7-12(8-6-11)14(2,3)4/h5-8H,9,15H2,1-4H3. The molecule has 102 valence electrons. The number of hydrogen-bond acceptors (Lipinski definition) is 4. The maximum atomic E-state index is 5.82. The molecule has 0 bridgehead atoms. The zero-order valence-corrected chi connectivity index (χ0v) is 12.7. The van der Waals surface area contributed by atoms with Crippen molar-refractivity contribution in [1.82, 2.24) is 14.9 Å². The summed E-state index contributed by atoms with van der Waals surface area (Å²) in [5, 5.41) is 8.73. The Balaban J connectivity index is 2.03. The second kappa shape index (κ2) is 5.25. The van der Waals surface area contributed by atoms with Crippen LogP contribution in [-0.2, 0) is 11.2 Å². The van der Waals surface area contributed by atoms with Gasteiger partial charge in [-0.25, -0.2) is 4.68 Å². The van der Waals surface area contributed by atoms with Gasteiger partial charge in [-0.2, -0.15) is 0 Å². The second-order valence-electron chi connectivity index (χ2n) is 5.64. The molecule has 1 aromatic carbocycles. The first kappa shape index (κ1) is 13.9. The number of aryl methyl sites for hydroxylation is 1. The van der Waals surface area contributed by atoms with Crippen molar-refractivity contribution in [1.29, 1.82) is 0 Å². The summed E-state index contributed by atoms with van der Waals surface area (Å²) >= 11 is 1.60. The van der Waals surface area contributed by atoms with E-state index < -0.39 is 0 Å². The number of nitrogen functional groups attached to an aromatic ring is 1. The maximum Gasteiger partial charge on any atom is 0.210 e. The number of nitrogens with zero attached hydrogens (tertiary/aromatic N) is 3. The van der Waals surface area contributed by atoms with Crippen molar-refractivity contribution in [2.24, 2.45) is 0 Å². The Labute approximate surface area is 118 Å². The van der Waals surface area contributed by atoms with Crippen molar-refractivity contribution >= 4 is 11.8 Å². The van der Waals surface area contributed by atoms with Crippen LogP contribution in [0.2, 0.25) is 0 Å². The first-order valence-electron chi connectivity index (χ1n) is 6.27. The first-order valence-corrected chi connectivity index (χ1v) is 7.26. The van der Waals surface area contributed by atoms with Gasteiger partial charge < -0.3 is 5.84 Å². The van der Waals surface area contributed by atoms with Crippen LogP contribution in [0, 0.1) is 6.92 Å². The third-order valence-electron chi connectivity index (χ3n) is 3.02. The SMILES string of the molecule is Cc1nnc(SCc2ccc(C(C)(C)C)cc2)n1N. The van der Waals surface area contributed by atoms with Crippen LogP contribution in [-0.4, -0.2) is 14.9 Å². The van der Waals surface area contributed by atoms with Crippen LogP contribution in [0.1, 0.15) is 37.7 Å². The lowest BCUT2D eigenvalue weighted by atomic mass is 9.87. The molecule has 1 aromatic heterocycles. The molecule has 0 atom stereocenters. The number of thioether (sulfide) groups is 1. The first-order chi connectivity index (χ1) is 8.88. The van der Waals surface area contributed by atoms with Gasteiger partial charge in [-0.1, -0.05) is 56.8 Å². The Hall–Kier alpha value is -1.49. The summed E-state index contributed by atoms with van der Waals surface area (Å²) in [6, 6.07) is 8.71. The third-order valence-corrected chi connectivity index (χ3v) is 4.04. The van der Waals surface area contributed by atoms with Crippen molar-refractivity contribution in [3.63, 3.8) is 0 Å². The van der Waals surface area contributed by atoms with E-state index >= 15 is 0 Å². The largest absolute Gasteiger partial charge is 0.336 e. The topological polar surface area (TPSA) is 56.7 Å². The van der Waals surface area contributed by atoms with E-state index in [-0.39, 0.29) is 5.41 Å². The fourth-order valence-electron chi connectivity index (χ4n) is 1.70. The van der Waals surface area contributed by atoms with Crippen LogP contribution < -0.4 is 5.84 Å². The average Bonchev–Trinajstić information content (AvgIpc) is 2.67. The van der Waals surface area contributed by atoms with Gasteiger partial charge in [-0.15, -0.1) is 10.2 Å². The zero-order chi connectivity index (χ0) is 14.0. The van der Waals surface area contributed by atoms with Gasteiger partial charge in [0, 0.05) is 5.75 Å². The summed E-state index contributed by atoms with van der Waals surface area (Å²) < 4.78 is 1.52. The van der Waals surface area contributed by atoms with Gasteiger partial charge >= 0.3 is 0 Å². The molecule has 0 radical (unpaired) electrons.